The fraction of sp³-hybridized carbons (Fsp3) is 0.889. The third-order valence-corrected chi connectivity index (χ3v) is 2.25. The van der Waals surface area contributed by atoms with Gasteiger partial charge in [-0.3, -0.25) is 4.79 Å². The van der Waals surface area contributed by atoms with Crippen molar-refractivity contribution in [3.8, 4) is 0 Å². The molecule has 0 aromatic carbocycles. The number of aliphatic hydroxyl groups is 1. The zero-order valence-corrected chi connectivity index (χ0v) is 8.46. The van der Waals surface area contributed by atoms with Crippen LogP contribution in [0.4, 0.5) is 0 Å². The van der Waals surface area contributed by atoms with Gasteiger partial charge in [-0.15, -0.1) is 11.6 Å². The summed E-state index contributed by atoms with van der Waals surface area (Å²) in [6, 6.07) is 0. The maximum absolute atomic E-state index is 10.2. The summed E-state index contributed by atoms with van der Waals surface area (Å²) in [5, 5.41) is 17.3. The number of aliphatic hydroxyl groups excluding tert-OH is 1. The normalized spacial score (nSPS) is 12.8. The summed E-state index contributed by atoms with van der Waals surface area (Å²) in [4.78, 5) is 10.2. The Morgan fingerprint density at radius 3 is 2.46 bits per heavy atom. The predicted molar refractivity (Wildman–Crippen MR) is 52.0 cm³/mol. The zero-order chi connectivity index (χ0) is 10.1. The van der Waals surface area contributed by atoms with E-state index in [9.17, 15) is 4.79 Å². The molecule has 0 spiro atoms. The van der Waals surface area contributed by atoms with Crippen LogP contribution in [-0.4, -0.2) is 28.7 Å². The van der Waals surface area contributed by atoms with Gasteiger partial charge in [-0.25, -0.2) is 0 Å². The van der Waals surface area contributed by atoms with Crippen LogP contribution >= 0.6 is 11.6 Å². The minimum atomic E-state index is -0.752. The van der Waals surface area contributed by atoms with Crippen LogP contribution in [0.25, 0.3) is 0 Å². The molecule has 0 amide bonds. The van der Waals surface area contributed by atoms with E-state index < -0.39 is 5.97 Å². The van der Waals surface area contributed by atoms with Crippen molar-refractivity contribution in [2.24, 2.45) is 5.92 Å². The minimum absolute atomic E-state index is 0.153. The fourth-order valence-electron chi connectivity index (χ4n) is 1.19. The van der Waals surface area contributed by atoms with Gasteiger partial charge in [0, 0.05) is 18.9 Å². The summed E-state index contributed by atoms with van der Waals surface area (Å²) < 4.78 is 0. The van der Waals surface area contributed by atoms with Gasteiger partial charge in [0.2, 0.25) is 0 Å². The van der Waals surface area contributed by atoms with Gasteiger partial charge in [-0.2, -0.15) is 0 Å². The Hall–Kier alpha value is -0.280. The first kappa shape index (κ1) is 12.7. The highest BCUT2D eigenvalue weighted by atomic mass is 35.5. The Balaban J connectivity index is 3.32. The van der Waals surface area contributed by atoms with E-state index >= 15 is 0 Å². The van der Waals surface area contributed by atoms with E-state index in [1.807, 2.05) is 0 Å². The van der Waals surface area contributed by atoms with Gasteiger partial charge in [-0.1, -0.05) is 6.42 Å². The second kappa shape index (κ2) is 8.32. The number of hydrogen-bond acceptors (Lipinski definition) is 2. The Morgan fingerprint density at radius 2 is 2.00 bits per heavy atom. The number of carboxylic acid groups (broad SMARTS) is 1. The summed E-state index contributed by atoms with van der Waals surface area (Å²) in [5.41, 5.74) is 0. The first-order valence-electron chi connectivity index (χ1n) is 4.59. The lowest BCUT2D eigenvalue weighted by atomic mass is 9.99. The quantitative estimate of drug-likeness (QED) is 0.473. The van der Waals surface area contributed by atoms with Crippen molar-refractivity contribution < 1.29 is 15.0 Å². The minimum Gasteiger partial charge on any atom is -0.481 e. The highest BCUT2D eigenvalue weighted by molar-refractivity contribution is 6.17. The molecule has 78 valence electrons. The number of alkyl halides is 1. The van der Waals surface area contributed by atoms with Gasteiger partial charge in [0.05, 0.1) is 0 Å². The summed E-state index contributed by atoms with van der Waals surface area (Å²) >= 11 is 5.53. The molecular formula is C9H17ClO3. The van der Waals surface area contributed by atoms with Gasteiger partial charge in [0.1, 0.15) is 0 Å². The van der Waals surface area contributed by atoms with Crippen molar-refractivity contribution in [1.82, 2.24) is 0 Å². The summed E-state index contributed by atoms with van der Waals surface area (Å²) in [5.74, 6) is 0.0497. The molecule has 0 radical (unpaired) electrons. The second-order valence-electron chi connectivity index (χ2n) is 3.17. The van der Waals surface area contributed by atoms with Crippen molar-refractivity contribution in [2.75, 3.05) is 12.5 Å². The van der Waals surface area contributed by atoms with E-state index in [4.69, 9.17) is 21.8 Å². The van der Waals surface area contributed by atoms with Crippen molar-refractivity contribution in [3.63, 3.8) is 0 Å². The SMILES string of the molecule is O=C(O)CCCCC(CO)CCCl. The molecular weight excluding hydrogens is 192 g/mol. The molecule has 0 aromatic rings. The Morgan fingerprint density at radius 1 is 1.31 bits per heavy atom. The molecule has 3 nitrogen and oxygen atoms in total. The fourth-order valence-corrected chi connectivity index (χ4v) is 1.50. The van der Waals surface area contributed by atoms with E-state index in [0.717, 1.165) is 19.3 Å². The number of aliphatic carboxylic acids is 1. The molecule has 13 heavy (non-hydrogen) atoms. The van der Waals surface area contributed by atoms with Crippen LogP contribution < -0.4 is 0 Å². The molecule has 0 bridgehead atoms. The summed E-state index contributed by atoms with van der Waals surface area (Å²) in [7, 11) is 0. The highest BCUT2D eigenvalue weighted by Gasteiger charge is 2.06. The maximum atomic E-state index is 10.2. The smallest absolute Gasteiger partial charge is 0.303 e. The summed E-state index contributed by atoms with van der Waals surface area (Å²) in [6.45, 7) is 0.153. The topological polar surface area (TPSA) is 57.5 Å². The highest BCUT2D eigenvalue weighted by Crippen LogP contribution is 2.13. The first-order valence-corrected chi connectivity index (χ1v) is 5.12. The zero-order valence-electron chi connectivity index (χ0n) is 7.71. The number of halogens is 1. The number of rotatable bonds is 8. The van der Waals surface area contributed by atoms with Gasteiger partial charge < -0.3 is 10.2 Å². The largest absolute Gasteiger partial charge is 0.481 e. The third-order valence-electron chi connectivity index (χ3n) is 2.03. The third kappa shape index (κ3) is 8.06. The maximum Gasteiger partial charge on any atom is 0.303 e. The number of carbonyl (C=O) groups is 1. The van der Waals surface area contributed by atoms with E-state index in [0.29, 0.717) is 12.3 Å². The Kier molecular flexibility index (Phi) is 8.14. The van der Waals surface area contributed by atoms with Crippen LogP contribution in [-0.2, 0) is 4.79 Å². The lowest BCUT2D eigenvalue weighted by Gasteiger charge is -2.10. The van der Waals surface area contributed by atoms with Gasteiger partial charge in [-0.05, 0) is 25.2 Å². The number of unbranched alkanes of at least 4 members (excludes halogenated alkanes) is 1. The van der Waals surface area contributed by atoms with Crippen molar-refractivity contribution in [3.05, 3.63) is 0 Å². The first-order chi connectivity index (χ1) is 6.20. The number of carboxylic acids is 1. The molecule has 0 saturated carbocycles. The molecule has 0 aromatic heterocycles. The van der Waals surface area contributed by atoms with Crippen molar-refractivity contribution in [2.45, 2.75) is 32.1 Å². The summed E-state index contributed by atoms with van der Waals surface area (Å²) in [6.07, 6.45) is 3.45. The van der Waals surface area contributed by atoms with Gasteiger partial charge in [0.15, 0.2) is 0 Å². The van der Waals surface area contributed by atoms with Crippen molar-refractivity contribution >= 4 is 17.6 Å². The van der Waals surface area contributed by atoms with Crippen LogP contribution in [0.2, 0.25) is 0 Å². The van der Waals surface area contributed by atoms with Crippen LogP contribution in [0.5, 0.6) is 0 Å². The Labute approximate surface area is 83.7 Å². The van der Waals surface area contributed by atoms with Crippen LogP contribution in [0.1, 0.15) is 32.1 Å². The lowest BCUT2D eigenvalue weighted by Crippen LogP contribution is -2.07. The molecule has 0 saturated heterocycles. The molecule has 4 heteroatoms. The van der Waals surface area contributed by atoms with Crippen LogP contribution in [0, 0.1) is 5.92 Å². The molecule has 0 aliphatic carbocycles. The lowest BCUT2D eigenvalue weighted by molar-refractivity contribution is -0.137. The van der Waals surface area contributed by atoms with Crippen LogP contribution in [0.15, 0.2) is 0 Å². The van der Waals surface area contributed by atoms with Gasteiger partial charge >= 0.3 is 5.97 Å². The molecule has 2 N–H and O–H groups in total. The number of hydrogen-bond donors (Lipinski definition) is 2. The average molecular weight is 209 g/mol. The van der Waals surface area contributed by atoms with Crippen molar-refractivity contribution in [1.29, 1.82) is 0 Å². The standard InChI is InChI=1S/C9H17ClO3/c10-6-5-8(7-11)3-1-2-4-9(12)13/h8,11H,1-7H2,(H,12,13). The Bertz CT molecular complexity index is 139. The van der Waals surface area contributed by atoms with E-state index in [1.54, 1.807) is 0 Å². The molecule has 0 fully saturated rings. The molecule has 0 rings (SSSR count). The molecule has 1 atom stereocenters. The predicted octanol–water partition coefficient (Wildman–Crippen LogP) is 1.87. The van der Waals surface area contributed by atoms with Crippen LogP contribution in [0.3, 0.4) is 0 Å². The molecule has 0 aliphatic heterocycles. The van der Waals surface area contributed by atoms with E-state index in [1.165, 1.54) is 0 Å². The molecule has 0 heterocycles. The molecule has 1 unspecified atom stereocenters. The molecule has 0 aliphatic rings. The second-order valence-corrected chi connectivity index (χ2v) is 3.54. The van der Waals surface area contributed by atoms with E-state index in [2.05, 4.69) is 0 Å². The average Bonchev–Trinajstić information content (AvgIpc) is 2.10. The monoisotopic (exact) mass is 208 g/mol. The van der Waals surface area contributed by atoms with Gasteiger partial charge in [0.25, 0.3) is 0 Å². The van der Waals surface area contributed by atoms with E-state index in [-0.39, 0.29) is 18.9 Å².